The molecule has 4 N–H and O–H groups in total. The van der Waals surface area contributed by atoms with Gasteiger partial charge in [-0.15, -0.1) is 0 Å². The maximum atomic E-state index is 11.9. The van der Waals surface area contributed by atoms with Crippen molar-refractivity contribution in [2.45, 2.75) is 57.8 Å². The van der Waals surface area contributed by atoms with Crippen LogP contribution in [0.4, 0.5) is 4.79 Å². The molecular formula is C14H24N2O6. The summed E-state index contributed by atoms with van der Waals surface area (Å²) in [7, 11) is 0. The van der Waals surface area contributed by atoms with Crippen LogP contribution in [0.2, 0.25) is 0 Å². The number of rotatable bonds is 4. The summed E-state index contributed by atoms with van der Waals surface area (Å²) in [4.78, 5) is 34.1. The second-order valence-electron chi connectivity index (χ2n) is 6.44. The molecule has 8 nitrogen and oxygen atoms in total. The van der Waals surface area contributed by atoms with Crippen molar-refractivity contribution in [3.63, 3.8) is 0 Å². The number of carboxylic acids is 1. The summed E-state index contributed by atoms with van der Waals surface area (Å²) in [6.07, 6.45) is -0.287. The number of carboxylic acid groups (broad SMARTS) is 1. The Balaban J connectivity index is 2.54. The molecule has 1 rings (SSSR count). The fourth-order valence-corrected chi connectivity index (χ4v) is 2.34. The number of hydrogen-bond acceptors (Lipinski definition) is 5. The van der Waals surface area contributed by atoms with Crippen LogP contribution >= 0.6 is 0 Å². The fraction of sp³-hybridized carbons (Fsp3) is 0.786. The van der Waals surface area contributed by atoms with Crippen molar-refractivity contribution >= 4 is 18.0 Å². The van der Waals surface area contributed by atoms with E-state index in [4.69, 9.17) is 9.84 Å². The van der Waals surface area contributed by atoms with E-state index in [0.717, 1.165) is 0 Å². The molecule has 3 unspecified atom stereocenters. The summed E-state index contributed by atoms with van der Waals surface area (Å²) < 4.78 is 5.15. The normalized spacial score (nSPS) is 25.2. The maximum Gasteiger partial charge on any atom is 0.407 e. The first-order chi connectivity index (χ1) is 10.1. The van der Waals surface area contributed by atoms with Gasteiger partial charge in [-0.3, -0.25) is 9.59 Å². The molecule has 0 bridgehead atoms. The first-order valence-corrected chi connectivity index (χ1v) is 7.25. The third-order valence-electron chi connectivity index (χ3n) is 3.29. The highest BCUT2D eigenvalue weighted by Gasteiger charge is 2.35. The zero-order valence-corrected chi connectivity index (χ0v) is 13.1. The molecule has 0 aromatic heterocycles. The summed E-state index contributed by atoms with van der Waals surface area (Å²) in [5, 5.41) is 23.4. The monoisotopic (exact) mass is 316 g/mol. The van der Waals surface area contributed by atoms with Crippen LogP contribution in [0, 0.1) is 5.92 Å². The van der Waals surface area contributed by atoms with Gasteiger partial charge in [-0.2, -0.15) is 0 Å². The van der Waals surface area contributed by atoms with Gasteiger partial charge in [0.15, 0.2) is 0 Å². The predicted molar refractivity (Wildman–Crippen MR) is 77.2 cm³/mol. The summed E-state index contributed by atoms with van der Waals surface area (Å²) in [5.74, 6) is -2.42. The van der Waals surface area contributed by atoms with Crippen molar-refractivity contribution in [3.05, 3.63) is 0 Å². The zero-order valence-electron chi connectivity index (χ0n) is 13.1. The van der Waals surface area contributed by atoms with Crippen LogP contribution in [0.25, 0.3) is 0 Å². The number of amides is 2. The molecule has 0 spiro atoms. The largest absolute Gasteiger partial charge is 0.480 e. The van der Waals surface area contributed by atoms with Gasteiger partial charge in [-0.1, -0.05) is 0 Å². The molecule has 22 heavy (non-hydrogen) atoms. The highest BCUT2D eigenvalue weighted by Crippen LogP contribution is 2.25. The van der Waals surface area contributed by atoms with Gasteiger partial charge in [-0.05, 0) is 40.0 Å². The van der Waals surface area contributed by atoms with Gasteiger partial charge in [0.25, 0.3) is 0 Å². The molecule has 0 aromatic carbocycles. The Bertz CT molecular complexity index is 432. The van der Waals surface area contributed by atoms with Crippen molar-refractivity contribution in [2.75, 3.05) is 6.54 Å². The van der Waals surface area contributed by atoms with Gasteiger partial charge in [-0.25, -0.2) is 4.79 Å². The number of ether oxygens (including phenoxy) is 1. The topological polar surface area (TPSA) is 125 Å². The smallest absolute Gasteiger partial charge is 0.407 e. The van der Waals surface area contributed by atoms with Crippen molar-refractivity contribution in [2.24, 2.45) is 5.92 Å². The van der Waals surface area contributed by atoms with Crippen LogP contribution in [0.15, 0.2) is 0 Å². The lowest BCUT2D eigenvalue weighted by atomic mass is 9.82. The number of carbonyl (C=O) groups excluding carboxylic acids is 2. The fourth-order valence-electron chi connectivity index (χ4n) is 2.34. The van der Waals surface area contributed by atoms with E-state index < -0.39 is 42.1 Å². The number of aliphatic carboxylic acids is 1. The van der Waals surface area contributed by atoms with E-state index in [2.05, 4.69) is 10.6 Å². The quantitative estimate of drug-likeness (QED) is 0.589. The first-order valence-electron chi connectivity index (χ1n) is 7.25. The second-order valence-corrected chi connectivity index (χ2v) is 6.44. The van der Waals surface area contributed by atoms with E-state index in [1.807, 2.05) is 0 Å². The molecule has 1 aliphatic carbocycles. The molecule has 126 valence electrons. The lowest BCUT2D eigenvalue weighted by Gasteiger charge is -2.33. The standard InChI is InChI=1S/C14H24N2O6/c1-14(2,3)22-13(21)16-8-4-5-10(17)9(6-8)12(20)15-7-11(18)19/h8-10,17H,4-7H2,1-3H3,(H,15,20)(H,16,21)(H,18,19). The van der Waals surface area contributed by atoms with Gasteiger partial charge in [0.1, 0.15) is 12.1 Å². The van der Waals surface area contributed by atoms with Crippen LogP contribution in [0.5, 0.6) is 0 Å². The van der Waals surface area contributed by atoms with Crippen LogP contribution in [-0.4, -0.2) is 52.5 Å². The van der Waals surface area contributed by atoms with Crippen molar-refractivity contribution in [1.82, 2.24) is 10.6 Å². The highest BCUT2D eigenvalue weighted by atomic mass is 16.6. The van der Waals surface area contributed by atoms with Gasteiger partial charge in [0, 0.05) is 6.04 Å². The summed E-state index contributed by atoms with van der Waals surface area (Å²) >= 11 is 0. The van der Waals surface area contributed by atoms with Crippen molar-refractivity contribution < 1.29 is 29.3 Å². The Hall–Kier alpha value is -1.83. The summed E-state index contributed by atoms with van der Waals surface area (Å²) in [6.45, 7) is 4.75. The van der Waals surface area contributed by atoms with Crippen molar-refractivity contribution in [1.29, 1.82) is 0 Å². The molecule has 8 heteroatoms. The minimum Gasteiger partial charge on any atom is -0.480 e. The Labute approximate surface area is 129 Å². The Kier molecular flexibility index (Phi) is 6.16. The number of alkyl carbamates (subject to hydrolysis) is 1. The van der Waals surface area contributed by atoms with E-state index in [1.54, 1.807) is 20.8 Å². The summed E-state index contributed by atoms with van der Waals surface area (Å²) in [5.41, 5.74) is -0.615. The average Bonchev–Trinajstić information content (AvgIpc) is 2.36. The highest BCUT2D eigenvalue weighted by molar-refractivity contribution is 5.83. The predicted octanol–water partition coefficient (Wildman–Crippen LogP) is 0.242. The lowest BCUT2D eigenvalue weighted by molar-refractivity contribution is -0.140. The molecule has 0 aliphatic heterocycles. The molecule has 0 heterocycles. The zero-order chi connectivity index (χ0) is 16.9. The van der Waals surface area contributed by atoms with Gasteiger partial charge >= 0.3 is 12.1 Å². The Morgan fingerprint density at radius 1 is 1.23 bits per heavy atom. The van der Waals surface area contributed by atoms with E-state index in [1.165, 1.54) is 0 Å². The van der Waals surface area contributed by atoms with Crippen LogP contribution in [-0.2, 0) is 14.3 Å². The minimum absolute atomic E-state index is 0.242. The molecule has 0 aromatic rings. The van der Waals surface area contributed by atoms with Gasteiger partial charge < -0.3 is 25.6 Å². The molecule has 1 aliphatic rings. The van der Waals surface area contributed by atoms with Gasteiger partial charge in [0.2, 0.25) is 5.91 Å². The molecule has 1 saturated carbocycles. The molecule has 0 radical (unpaired) electrons. The first kappa shape index (κ1) is 18.2. The Morgan fingerprint density at radius 2 is 1.86 bits per heavy atom. The van der Waals surface area contributed by atoms with E-state index in [-0.39, 0.29) is 12.5 Å². The third-order valence-corrected chi connectivity index (χ3v) is 3.29. The third kappa shape index (κ3) is 6.30. The number of aliphatic hydroxyl groups excluding tert-OH is 1. The number of hydrogen-bond donors (Lipinski definition) is 4. The second kappa shape index (κ2) is 7.44. The van der Waals surface area contributed by atoms with E-state index >= 15 is 0 Å². The number of aliphatic hydroxyl groups is 1. The average molecular weight is 316 g/mol. The lowest BCUT2D eigenvalue weighted by Crippen LogP contribution is -2.49. The Morgan fingerprint density at radius 3 is 2.41 bits per heavy atom. The molecule has 0 saturated heterocycles. The number of nitrogens with one attached hydrogen (secondary N) is 2. The van der Waals surface area contributed by atoms with Crippen LogP contribution < -0.4 is 10.6 Å². The molecule has 2 amide bonds. The summed E-state index contributed by atoms with van der Waals surface area (Å²) in [6, 6.07) is -0.293. The van der Waals surface area contributed by atoms with Crippen molar-refractivity contribution in [3.8, 4) is 0 Å². The maximum absolute atomic E-state index is 11.9. The molecule has 3 atom stereocenters. The van der Waals surface area contributed by atoms with Crippen LogP contribution in [0.1, 0.15) is 40.0 Å². The van der Waals surface area contributed by atoms with E-state index in [0.29, 0.717) is 12.8 Å². The van der Waals surface area contributed by atoms with Crippen LogP contribution in [0.3, 0.4) is 0 Å². The van der Waals surface area contributed by atoms with Gasteiger partial charge in [0.05, 0.1) is 12.0 Å². The van der Waals surface area contributed by atoms with E-state index in [9.17, 15) is 19.5 Å². The molecule has 1 fully saturated rings. The minimum atomic E-state index is -1.15. The number of carbonyl (C=O) groups is 3. The SMILES string of the molecule is CC(C)(C)OC(=O)NC1CCC(O)C(C(=O)NCC(=O)O)C1. The molecular weight excluding hydrogens is 292 g/mol.